The highest BCUT2D eigenvalue weighted by atomic mass is 35.5. The van der Waals surface area contributed by atoms with Crippen LogP contribution in [0.3, 0.4) is 0 Å². The first-order chi connectivity index (χ1) is 15.3. The lowest BCUT2D eigenvalue weighted by Gasteiger charge is -2.34. The van der Waals surface area contributed by atoms with E-state index in [0.717, 1.165) is 6.20 Å². The first-order valence-corrected chi connectivity index (χ1v) is 10.2. The molecule has 0 unspecified atom stereocenters. The fourth-order valence-electron chi connectivity index (χ4n) is 3.63. The molecule has 2 amide bonds. The van der Waals surface area contributed by atoms with Crippen LogP contribution in [0.1, 0.15) is 26.4 Å². The van der Waals surface area contributed by atoms with Crippen molar-refractivity contribution in [3.8, 4) is 5.69 Å². The number of carbonyl (C=O) groups excluding carboxylic acids is 2. The van der Waals surface area contributed by atoms with Crippen molar-refractivity contribution in [2.24, 2.45) is 0 Å². The van der Waals surface area contributed by atoms with Gasteiger partial charge in [0.2, 0.25) is 0 Å². The maximum atomic E-state index is 13.9. The summed E-state index contributed by atoms with van der Waals surface area (Å²) in [6.07, 6.45) is -3.89. The maximum absolute atomic E-state index is 13.9. The van der Waals surface area contributed by atoms with Crippen molar-refractivity contribution in [3.05, 3.63) is 82.6 Å². The number of alkyl halides is 3. The number of hydrogen-bond acceptors (Lipinski definition) is 3. The average molecular weight is 463 g/mol. The van der Waals surface area contributed by atoms with Crippen LogP contribution in [0.15, 0.2) is 60.8 Å². The van der Waals surface area contributed by atoms with Crippen molar-refractivity contribution in [1.29, 1.82) is 0 Å². The van der Waals surface area contributed by atoms with Gasteiger partial charge in [-0.25, -0.2) is 4.68 Å². The van der Waals surface area contributed by atoms with E-state index in [2.05, 4.69) is 5.10 Å². The molecule has 6 nitrogen and oxygen atoms in total. The Morgan fingerprint density at radius 1 is 0.875 bits per heavy atom. The van der Waals surface area contributed by atoms with Gasteiger partial charge in [0.05, 0.1) is 17.4 Å². The quantitative estimate of drug-likeness (QED) is 0.587. The predicted molar refractivity (Wildman–Crippen MR) is 112 cm³/mol. The highest BCUT2D eigenvalue weighted by molar-refractivity contribution is 6.30. The van der Waals surface area contributed by atoms with Gasteiger partial charge in [-0.3, -0.25) is 9.59 Å². The van der Waals surface area contributed by atoms with Crippen LogP contribution in [-0.4, -0.2) is 57.6 Å². The van der Waals surface area contributed by atoms with Crippen LogP contribution < -0.4 is 0 Å². The third kappa shape index (κ3) is 4.34. The molecule has 1 aliphatic rings. The molecule has 166 valence electrons. The van der Waals surface area contributed by atoms with Crippen molar-refractivity contribution in [3.63, 3.8) is 0 Å². The van der Waals surface area contributed by atoms with E-state index >= 15 is 0 Å². The SMILES string of the molecule is O=C(c1ccccc1)N1CCN(C(=O)c2cnn(-c3cccc(Cl)c3)c2C(F)(F)F)CC1. The summed E-state index contributed by atoms with van der Waals surface area (Å²) in [5, 5.41) is 4.07. The van der Waals surface area contributed by atoms with Gasteiger partial charge >= 0.3 is 6.18 Å². The van der Waals surface area contributed by atoms with E-state index in [4.69, 9.17) is 11.6 Å². The zero-order valence-electron chi connectivity index (χ0n) is 16.7. The van der Waals surface area contributed by atoms with Crippen molar-refractivity contribution < 1.29 is 22.8 Å². The second kappa shape index (κ2) is 8.66. The minimum absolute atomic E-state index is 0.0992. The van der Waals surface area contributed by atoms with Crippen molar-refractivity contribution in [2.75, 3.05) is 26.2 Å². The highest BCUT2D eigenvalue weighted by Gasteiger charge is 2.42. The van der Waals surface area contributed by atoms with Crippen molar-refractivity contribution in [1.82, 2.24) is 19.6 Å². The van der Waals surface area contributed by atoms with E-state index in [1.54, 1.807) is 35.2 Å². The molecule has 4 rings (SSSR count). The van der Waals surface area contributed by atoms with E-state index < -0.39 is 23.3 Å². The van der Waals surface area contributed by atoms with Gasteiger partial charge in [0.1, 0.15) is 0 Å². The molecule has 0 aliphatic carbocycles. The number of hydrogen-bond donors (Lipinski definition) is 0. The second-order valence-electron chi connectivity index (χ2n) is 7.25. The van der Waals surface area contributed by atoms with Crippen molar-refractivity contribution >= 4 is 23.4 Å². The molecule has 0 radical (unpaired) electrons. The largest absolute Gasteiger partial charge is 0.434 e. The Kier molecular flexibility index (Phi) is 5.92. The summed E-state index contributed by atoms with van der Waals surface area (Å²) in [6.45, 7) is 0.695. The summed E-state index contributed by atoms with van der Waals surface area (Å²) in [5.41, 5.74) is -1.08. The number of nitrogens with zero attached hydrogens (tertiary/aromatic N) is 4. The number of halogens is 4. The molecule has 0 N–H and O–H groups in total. The normalized spacial score (nSPS) is 14.5. The number of aromatic nitrogens is 2. The minimum Gasteiger partial charge on any atom is -0.335 e. The fraction of sp³-hybridized carbons (Fsp3) is 0.227. The molecule has 0 spiro atoms. The maximum Gasteiger partial charge on any atom is 0.434 e. The summed E-state index contributed by atoms with van der Waals surface area (Å²) in [6, 6.07) is 14.5. The lowest BCUT2D eigenvalue weighted by atomic mass is 10.1. The van der Waals surface area contributed by atoms with E-state index in [0.29, 0.717) is 10.2 Å². The smallest absolute Gasteiger partial charge is 0.335 e. The van der Waals surface area contributed by atoms with Gasteiger partial charge in [0, 0.05) is 36.8 Å². The number of benzene rings is 2. The Labute approximate surface area is 186 Å². The average Bonchev–Trinajstić information content (AvgIpc) is 3.25. The Morgan fingerprint density at radius 2 is 1.50 bits per heavy atom. The van der Waals surface area contributed by atoms with Gasteiger partial charge in [-0.2, -0.15) is 18.3 Å². The number of carbonyl (C=O) groups is 2. The zero-order valence-corrected chi connectivity index (χ0v) is 17.5. The lowest BCUT2D eigenvalue weighted by Crippen LogP contribution is -2.50. The van der Waals surface area contributed by atoms with E-state index in [-0.39, 0.29) is 42.8 Å². The van der Waals surface area contributed by atoms with Crippen LogP contribution in [0.25, 0.3) is 5.69 Å². The summed E-state index contributed by atoms with van der Waals surface area (Å²) in [5.74, 6) is -0.958. The first-order valence-electron chi connectivity index (χ1n) is 9.80. The summed E-state index contributed by atoms with van der Waals surface area (Å²) in [4.78, 5) is 28.4. The number of rotatable bonds is 3. The van der Waals surface area contributed by atoms with E-state index in [9.17, 15) is 22.8 Å². The monoisotopic (exact) mass is 462 g/mol. The van der Waals surface area contributed by atoms with Crippen LogP contribution in [0.5, 0.6) is 0 Å². The second-order valence-corrected chi connectivity index (χ2v) is 7.68. The molecule has 0 bridgehead atoms. The molecule has 1 saturated heterocycles. The predicted octanol–water partition coefficient (Wildman–Crippen LogP) is 4.14. The Balaban J connectivity index is 1.55. The van der Waals surface area contributed by atoms with Crippen LogP contribution in [0, 0.1) is 0 Å². The molecule has 3 aromatic rings. The molecule has 1 aliphatic heterocycles. The van der Waals surface area contributed by atoms with Crippen LogP contribution in [-0.2, 0) is 6.18 Å². The molecule has 32 heavy (non-hydrogen) atoms. The van der Waals surface area contributed by atoms with Crippen molar-refractivity contribution in [2.45, 2.75) is 6.18 Å². The molecule has 0 saturated carbocycles. The topological polar surface area (TPSA) is 58.4 Å². The van der Waals surface area contributed by atoms with E-state index in [1.165, 1.54) is 29.2 Å². The van der Waals surface area contributed by atoms with Gasteiger partial charge in [-0.15, -0.1) is 0 Å². The van der Waals surface area contributed by atoms with Gasteiger partial charge in [0.25, 0.3) is 11.8 Å². The molecule has 1 aromatic heterocycles. The molecule has 1 fully saturated rings. The third-order valence-corrected chi connectivity index (χ3v) is 5.43. The summed E-state index contributed by atoms with van der Waals surface area (Å²) >= 11 is 5.91. The molecule has 0 atom stereocenters. The van der Waals surface area contributed by atoms with Gasteiger partial charge in [-0.1, -0.05) is 35.9 Å². The number of amides is 2. The minimum atomic E-state index is -4.81. The van der Waals surface area contributed by atoms with Gasteiger partial charge in [-0.05, 0) is 30.3 Å². The van der Waals surface area contributed by atoms with Crippen LogP contribution in [0.4, 0.5) is 13.2 Å². The van der Waals surface area contributed by atoms with Crippen LogP contribution in [0.2, 0.25) is 5.02 Å². The summed E-state index contributed by atoms with van der Waals surface area (Å²) in [7, 11) is 0. The fourth-order valence-corrected chi connectivity index (χ4v) is 3.81. The standard InChI is InChI=1S/C22H18ClF3N4O2/c23-16-7-4-8-17(13-16)30-19(22(24,25)26)18(14-27-30)21(32)29-11-9-28(10-12-29)20(31)15-5-2-1-3-6-15/h1-8,13-14H,9-12H2. The molecular weight excluding hydrogens is 445 g/mol. The first kappa shape index (κ1) is 21.9. The Morgan fingerprint density at radius 3 is 2.09 bits per heavy atom. The summed E-state index contributed by atoms with van der Waals surface area (Å²) < 4.78 is 42.4. The number of piperazine rings is 1. The van der Waals surface area contributed by atoms with Gasteiger partial charge < -0.3 is 9.80 Å². The highest BCUT2D eigenvalue weighted by Crippen LogP contribution is 2.34. The molecule has 2 heterocycles. The third-order valence-electron chi connectivity index (χ3n) is 5.20. The molecule has 2 aromatic carbocycles. The van der Waals surface area contributed by atoms with E-state index in [1.807, 2.05) is 0 Å². The molecular formula is C22H18ClF3N4O2. The zero-order chi connectivity index (χ0) is 22.9. The molecule has 10 heteroatoms. The van der Waals surface area contributed by atoms with Gasteiger partial charge in [0.15, 0.2) is 5.69 Å². The lowest BCUT2D eigenvalue weighted by molar-refractivity contribution is -0.143. The Hall–Kier alpha value is -3.33. The Bertz CT molecular complexity index is 1140. The van der Waals surface area contributed by atoms with Crippen LogP contribution >= 0.6 is 11.6 Å².